The Morgan fingerprint density at radius 3 is 1.54 bits per heavy atom. The zero-order valence-corrected chi connectivity index (χ0v) is 18.3. The van der Waals surface area contributed by atoms with E-state index in [9.17, 15) is 9.59 Å². The van der Waals surface area contributed by atoms with Gasteiger partial charge in [0.25, 0.3) is 0 Å². The van der Waals surface area contributed by atoms with Crippen LogP contribution in [-0.2, 0) is 14.3 Å². The fourth-order valence-corrected chi connectivity index (χ4v) is 2.65. The smallest absolute Gasteiger partial charge is 0.327 e. The number of carbonyl (C=O) groups is 2. The van der Waals surface area contributed by atoms with Crippen molar-refractivity contribution in [3.63, 3.8) is 0 Å². The second-order valence-electron chi connectivity index (χ2n) is 6.37. The SMILES string of the molecule is CCCCCCCCCCCCCCCC(=O)OC(=O)CNC.[Na]. The summed E-state index contributed by atoms with van der Waals surface area (Å²) in [5, 5.41) is 2.66. The number of rotatable bonds is 16. The number of carbonyl (C=O) groups excluding carboxylic acids is 2. The van der Waals surface area contributed by atoms with Crippen molar-refractivity contribution in [3.8, 4) is 0 Å². The van der Waals surface area contributed by atoms with Gasteiger partial charge in [-0.3, -0.25) is 9.59 Å². The molecule has 0 rings (SSSR count). The first kappa shape index (κ1) is 26.3. The van der Waals surface area contributed by atoms with Gasteiger partial charge in [0.2, 0.25) is 0 Å². The Morgan fingerprint density at radius 2 is 1.12 bits per heavy atom. The Bertz CT molecular complexity index is 298. The van der Waals surface area contributed by atoms with E-state index < -0.39 is 11.9 Å². The van der Waals surface area contributed by atoms with Crippen LogP contribution in [0.3, 0.4) is 0 Å². The van der Waals surface area contributed by atoms with Crippen LogP contribution in [0.25, 0.3) is 0 Å². The molecule has 0 bridgehead atoms. The summed E-state index contributed by atoms with van der Waals surface area (Å²) in [5.41, 5.74) is 0. The molecule has 0 aromatic rings. The van der Waals surface area contributed by atoms with Crippen molar-refractivity contribution in [2.45, 2.75) is 96.8 Å². The topological polar surface area (TPSA) is 55.4 Å². The van der Waals surface area contributed by atoms with Gasteiger partial charge >= 0.3 is 11.9 Å². The second kappa shape index (κ2) is 21.1. The van der Waals surface area contributed by atoms with Gasteiger partial charge in [0.05, 0.1) is 6.54 Å². The molecular formula is C19H37NNaO3. The number of unbranched alkanes of at least 4 members (excludes halogenated alkanes) is 12. The third-order valence-electron chi connectivity index (χ3n) is 4.03. The summed E-state index contributed by atoms with van der Waals surface area (Å²) in [4.78, 5) is 22.4. The monoisotopic (exact) mass is 350 g/mol. The summed E-state index contributed by atoms with van der Waals surface area (Å²) in [6.45, 7) is 2.34. The maximum atomic E-state index is 11.4. The van der Waals surface area contributed by atoms with Gasteiger partial charge in [-0.15, -0.1) is 0 Å². The number of likely N-dealkylation sites (N-methyl/N-ethyl adjacent to an activating group) is 1. The minimum absolute atomic E-state index is 0. The van der Waals surface area contributed by atoms with Gasteiger partial charge in [0.1, 0.15) is 0 Å². The van der Waals surface area contributed by atoms with Crippen LogP contribution in [-0.4, -0.2) is 55.1 Å². The van der Waals surface area contributed by atoms with Crippen LogP contribution >= 0.6 is 0 Å². The van der Waals surface area contributed by atoms with Crippen LogP contribution in [0.2, 0.25) is 0 Å². The summed E-state index contributed by atoms with van der Waals surface area (Å²) in [5.74, 6) is -0.888. The molecule has 0 unspecified atom stereocenters. The maximum absolute atomic E-state index is 11.4. The molecule has 0 spiro atoms. The third-order valence-corrected chi connectivity index (χ3v) is 4.03. The summed E-state index contributed by atoms with van der Waals surface area (Å²) in [7, 11) is 1.65. The summed E-state index contributed by atoms with van der Waals surface area (Å²) in [6, 6.07) is 0. The van der Waals surface area contributed by atoms with Gasteiger partial charge in [0.15, 0.2) is 0 Å². The number of hydrogen-bond donors (Lipinski definition) is 1. The first-order valence-corrected chi connectivity index (χ1v) is 9.58. The third kappa shape index (κ3) is 20.1. The average Bonchev–Trinajstić information content (AvgIpc) is 2.52. The van der Waals surface area contributed by atoms with Crippen molar-refractivity contribution in [1.82, 2.24) is 5.32 Å². The molecule has 0 aliphatic rings. The van der Waals surface area contributed by atoms with Crippen molar-refractivity contribution in [2.75, 3.05) is 13.6 Å². The van der Waals surface area contributed by atoms with E-state index in [2.05, 4.69) is 17.0 Å². The molecule has 0 heterocycles. The molecular weight excluding hydrogens is 313 g/mol. The van der Waals surface area contributed by atoms with E-state index in [1.54, 1.807) is 7.05 Å². The normalized spacial score (nSPS) is 10.2. The molecule has 1 N–H and O–H groups in total. The largest absolute Gasteiger partial charge is 0.392 e. The summed E-state index contributed by atoms with van der Waals surface area (Å²) >= 11 is 0. The standard InChI is InChI=1S/C19H37NO3.Na/c1-3-4-5-6-7-8-9-10-11-12-13-14-15-16-18(21)23-19(22)17-20-2;/h20H,3-17H2,1-2H3;. The Labute approximate surface area is 171 Å². The van der Waals surface area contributed by atoms with Crippen LogP contribution in [0.4, 0.5) is 0 Å². The molecule has 0 aromatic carbocycles. The van der Waals surface area contributed by atoms with Gasteiger partial charge in [-0.05, 0) is 13.5 Å². The van der Waals surface area contributed by atoms with Crippen molar-refractivity contribution < 1.29 is 14.3 Å². The zero-order chi connectivity index (χ0) is 17.2. The van der Waals surface area contributed by atoms with Crippen molar-refractivity contribution in [2.24, 2.45) is 0 Å². The Balaban J connectivity index is 0. The maximum Gasteiger partial charge on any atom is 0.327 e. The quantitative estimate of drug-likeness (QED) is 0.194. The van der Waals surface area contributed by atoms with E-state index in [0.29, 0.717) is 6.42 Å². The molecule has 0 atom stereocenters. The number of nitrogens with one attached hydrogen (secondary N) is 1. The van der Waals surface area contributed by atoms with Crippen LogP contribution in [0.15, 0.2) is 0 Å². The predicted molar refractivity (Wildman–Crippen MR) is 101 cm³/mol. The van der Waals surface area contributed by atoms with E-state index >= 15 is 0 Å². The average molecular weight is 350 g/mol. The molecule has 0 aliphatic carbocycles. The van der Waals surface area contributed by atoms with Gasteiger partial charge in [0, 0.05) is 36.0 Å². The van der Waals surface area contributed by atoms with E-state index in [4.69, 9.17) is 0 Å². The van der Waals surface area contributed by atoms with Gasteiger partial charge in [-0.1, -0.05) is 84.0 Å². The van der Waals surface area contributed by atoms with E-state index in [1.807, 2.05) is 0 Å². The van der Waals surface area contributed by atoms with Crippen molar-refractivity contribution in [1.29, 1.82) is 0 Å². The van der Waals surface area contributed by atoms with Crippen LogP contribution in [0, 0.1) is 0 Å². The fraction of sp³-hybridized carbons (Fsp3) is 0.895. The molecule has 5 heteroatoms. The summed E-state index contributed by atoms with van der Waals surface area (Å²) in [6.07, 6.45) is 17.0. The molecule has 24 heavy (non-hydrogen) atoms. The predicted octanol–water partition coefficient (Wildman–Crippen LogP) is 4.38. The molecule has 0 fully saturated rings. The minimum atomic E-state index is -0.493. The minimum Gasteiger partial charge on any atom is -0.392 e. The van der Waals surface area contributed by atoms with Crippen molar-refractivity contribution >= 4 is 41.5 Å². The molecule has 0 aromatic heterocycles. The Hall–Kier alpha value is 0.1000. The fourth-order valence-electron chi connectivity index (χ4n) is 2.65. The molecule has 0 aliphatic heterocycles. The Kier molecular flexibility index (Phi) is 23.2. The number of esters is 2. The number of hydrogen-bond acceptors (Lipinski definition) is 4. The van der Waals surface area contributed by atoms with E-state index in [-0.39, 0.29) is 36.1 Å². The molecule has 0 amide bonds. The first-order chi connectivity index (χ1) is 11.2. The van der Waals surface area contributed by atoms with Gasteiger partial charge in [-0.25, -0.2) is 0 Å². The molecule has 1 radical (unpaired) electrons. The zero-order valence-electron chi connectivity index (χ0n) is 16.3. The first-order valence-electron chi connectivity index (χ1n) is 9.58. The Morgan fingerprint density at radius 1 is 0.708 bits per heavy atom. The van der Waals surface area contributed by atoms with Gasteiger partial charge in [-0.2, -0.15) is 0 Å². The van der Waals surface area contributed by atoms with Crippen LogP contribution in [0.5, 0.6) is 0 Å². The molecule has 0 saturated heterocycles. The molecule has 137 valence electrons. The van der Waals surface area contributed by atoms with E-state index in [0.717, 1.165) is 12.8 Å². The number of ether oxygens (including phenoxy) is 1. The molecule has 4 nitrogen and oxygen atoms in total. The van der Waals surface area contributed by atoms with Gasteiger partial charge < -0.3 is 10.1 Å². The van der Waals surface area contributed by atoms with Crippen LogP contribution in [0.1, 0.15) is 96.8 Å². The summed E-state index contributed by atoms with van der Waals surface area (Å²) < 4.78 is 4.66. The van der Waals surface area contributed by atoms with Crippen LogP contribution < -0.4 is 5.32 Å². The molecule has 0 saturated carbocycles. The van der Waals surface area contributed by atoms with E-state index in [1.165, 1.54) is 70.6 Å². The second-order valence-corrected chi connectivity index (χ2v) is 6.37. The van der Waals surface area contributed by atoms with Crippen molar-refractivity contribution in [3.05, 3.63) is 0 Å².